The van der Waals surface area contributed by atoms with Crippen LogP contribution in [0.5, 0.6) is 5.75 Å². The molecule has 0 N–H and O–H groups in total. The lowest BCUT2D eigenvalue weighted by Crippen LogP contribution is -1.81. The quantitative estimate of drug-likeness (QED) is 0.722. The van der Waals surface area contributed by atoms with Crippen LogP contribution >= 0.6 is 11.6 Å². The predicted octanol–water partition coefficient (Wildman–Crippen LogP) is 4.52. The highest BCUT2D eigenvalue weighted by Crippen LogP contribution is 2.18. The average molecular weight is 245 g/mol. The molecule has 0 unspecified atom stereocenters. The molecule has 0 radical (unpaired) electrons. The maximum atomic E-state index is 6.07. The summed E-state index contributed by atoms with van der Waals surface area (Å²) >= 11 is 6.07. The molecule has 2 aromatic rings. The highest BCUT2D eigenvalue weighted by molar-refractivity contribution is 6.32. The van der Waals surface area contributed by atoms with Crippen LogP contribution in [0, 0.1) is 0 Å². The molecule has 0 aliphatic carbocycles. The zero-order chi connectivity index (χ0) is 12.1. The van der Waals surface area contributed by atoms with Gasteiger partial charge in [-0.15, -0.1) is 0 Å². The Balaban J connectivity index is 2.17. The fraction of sp³-hybridized carbons (Fsp3) is 0.0667. The lowest BCUT2D eigenvalue weighted by atomic mass is 10.1. The summed E-state index contributed by atoms with van der Waals surface area (Å²) in [5, 5.41) is 0.761. The SMILES string of the molecule is COc1ccc(/C=C/c2ccccc2Cl)cc1. The maximum absolute atomic E-state index is 6.07. The molecule has 2 heteroatoms. The van der Waals surface area contributed by atoms with Crippen molar-refractivity contribution >= 4 is 23.8 Å². The maximum Gasteiger partial charge on any atom is 0.118 e. The normalized spacial score (nSPS) is 10.7. The summed E-state index contributed by atoms with van der Waals surface area (Å²) < 4.78 is 5.11. The molecule has 0 aliphatic rings. The molecule has 0 saturated heterocycles. The second-order valence-corrected chi connectivity index (χ2v) is 4.04. The van der Waals surface area contributed by atoms with Gasteiger partial charge in [0, 0.05) is 5.02 Å². The lowest BCUT2D eigenvalue weighted by molar-refractivity contribution is 0.415. The van der Waals surface area contributed by atoms with Crippen molar-refractivity contribution in [2.45, 2.75) is 0 Å². The second-order valence-electron chi connectivity index (χ2n) is 3.63. The molecule has 2 aromatic carbocycles. The van der Waals surface area contributed by atoms with Crippen LogP contribution in [0.3, 0.4) is 0 Å². The molecular formula is C15H13ClO. The minimum Gasteiger partial charge on any atom is -0.497 e. The van der Waals surface area contributed by atoms with Crippen molar-refractivity contribution in [2.24, 2.45) is 0 Å². The van der Waals surface area contributed by atoms with Crippen LogP contribution in [0.1, 0.15) is 11.1 Å². The van der Waals surface area contributed by atoms with E-state index in [2.05, 4.69) is 0 Å². The third-order valence-corrected chi connectivity index (χ3v) is 2.82. The first-order valence-electron chi connectivity index (χ1n) is 5.36. The standard InChI is InChI=1S/C15H13ClO/c1-17-14-10-7-12(8-11-14)6-9-13-4-2-3-5-15(13)16/h2-11H,1H3/b9-6+. The summed E-state index contributed by atoms with van der Waals surface area (Å²) in [5.74, 6) is 0.861. The number of halogens is 1. The lowest BCUT2D eigenvalue weighted by Gasteiger charge is -2.00. The Hall–Kier alpha value is -1.73. The first-order valence-corrected chi connectivity index (χ1v) is 5.74. The monoisotopic (exact) mass is 244 g/mol. The molecule has 17 heavy (non-hydrogen) atoms. The van der Waals surface area contributed by atoms with Gasteiger partial charge in [0.2, 0.25) is 0 Å². The number of hydrogen-bond acceptors (Lipinski definition) is 1. The van der Waals surface area contributed by atoms with Gasteiger partial charge in [-0.3, -0.25) is 0 Å². The Bertz CT molecular complexity index is 515. The minimum absolute atomic E-state index is 0.761. The molecule has 0 saturated carbocycles. The molecule has 0 fully saturated rings. The predicted molar refractivity (Wildman–Crippen MR) is 73.4 cm³/mol. The summed E-state index contributed by atoms with van der Waals surface area (Å²) in [6.45, 7) is 0. The van der Waals surface area contributed by atoms with Gasteiger partial charge in [0.1, 0.15) is 5.75 Å². The van der Waals surface area contributed by atoms with Gasteiger partial charge in [-0.05, 0) is 29.3 Å². The van der Waals surface area contributed by atoms with Crippen LogP contribution in [0.4, 0.5) is 0 Å². The zero-order valence-corrected chi connectivity index (χ0v) is 10.3. The molecule has 0 atom stereocenters. The molecule has 0 aliphatic heterocycles. The molecule has 0 aromatic heterocycles. The van der Waals surface area contributed by atoms with E-state index in [4.69, 9.17) is 16.3 Å². The molecule has 0 heterocycles. The fourth-order valence-corrected chi connectivity index (χ4v) is 1.71. The van der Waals surface area contributed by atoms with Gasteiger partial charge in [0.05, 0.1) is 7.11 Å². The van der Waals surface area contributed by atoms with Crippen LogP contribution in [-0.4, -0.2) is 7.11 Å². The molecular weight excluding hydrogens is 232 g/mol. The molecule has 1 nitrogen and oxygen atoms in total. The van der Waals surface area contributed by atoms with E-state index in [1.54, 1.807) is 7.11 Å². The number of benzene rings is 2. The van der Waals surface area contributed by atoms with E-state index in [1.165, 1.54) is 0 Å². The molecule has 2 rings (SSSR count). The van der Waals surface area contributed by atoms with Crippen LogP contribution in [0.2, 0.25) is 5.02 Å². The van der Waals surface area contributed by atoms with Crippen LogP contribution in [0.15, 0.2) is 48.5 Å². The highest BCUT2D eigenvalue weighted by atomic mass is 35.5. The van der Waals surface area contributed by atoms with E-state index >= 15 is 0 Å². The van der Waals surface area contributed by atoms with E-state index in [9.17, 15) is 0 Å². The van der Waals surface area contributed by atoms with E-state index in [-0.39, 0.29) is 0 Å². The van der Waals surface area contributed by atoms with Crippen molar-refractivity contribution < 1.29 is 4.74 Å². The van der Waals surface area contributed by atoms with Gasteiger partial charge in [0.25, 0.3) is 0 Å². The van der Waals surface area contributed by atoms with Crippen molar-refractivity contribution in [2.75, 3.05) is 7.11 Å². The van der Waals surface area contributed by atoms with E-state index in [0.717, 1.165) is 21.9 Å². The van der Waals surface area contributed by atoms with Crippen LogP contribution in [0.25, 0.3) is 12.2 Å². The third kappa shape index (κ3) is 3.11. The Morgan fingerprint density at radius 1 is 0.941 bits per heavy atom. The highest BCUT2D eigenvalue weighted by Gasteiger charge is 1.94. The van der Waals surface area contributed by atoms with E-state index in [0.29, 0.717) is 0 Å². The summed E-state index contributed by atoms with van der Waals surface area (Å²) in [6.07, 6.45) is 4.03. The zero-order valence-electron chi connectivity index (χ0n) is 9.56. The molecule has 0 amide bonds. The Labute approximate surface area is 106 Å². The topological polar surface area (TPSA) is 9.23 Å². The minimum atomic E-state index is 0.761. The van der Waals surface area contributed by atoms with Gasteiger partial charge >= 0.3 is 0 Å². The number of hydrogen-bond donors (Lipinski definition) is 0. The van der Waals surface area contributed by atoms with Gasteiger partial charge < -0.3 is 4.74 Å². The summed E-state index contributed by atoms with van der Waals surface area (Å²) in [7, 11) is 1.66. The number of rotatable bonds is 3. The van der Waals surface area contributed by atoms with E-state index < -0.39 is 0 Å². The van der Waals surface area contributed by atoms with Gasteiger partial charge in [-0.2, -0.15) is 0 Å². The summed E-state index contributed by atoms with van der Waals surface area (Å²) in [6, 6.07) is 15.7. The smallest absolute Gasteiger partial charge is 0.118 e. The summed E-state index contributed by atoms with van der Waals surface area (Å²) in [4.78, 5) is 0. The fourth-order valence-electron chi connectivity index (χ4n) is 1.51. The second kappa shape index (κ2) is 5.55. The van der Waals surface area contributed by atoms with Gasteiger partial charge in [-0.25, -0.2) is 0 Å². The van der Waals surface area contributed by atoms with Crippen molar-refractivity contribution in [1.29, 1.82) is 0 Å². The van der Waals surface area contributed by atoms with Gasteiger partial charge in [-0.1, -0.05) is 54.1 Å². The Kier molecular flexibility index (Phi) is 3.84. The van der Waals surface area contributed by atoms with Crippen molar-refractivity contribution in [3.8, 4) is 5.75 Å². The first-order chi connectivity index (χ1) is 8.29. The van der Waals surface area contributed by atoms with Crippen molar-refractivity contribution in [3.05, 3.63) is 64.7 Å². The largest absolute Gasteiger partial charge is 0.497 e. The summed E-state index contributed by atoms with van der Waals surface area (Å²) in [5.41, 5.74) is 2.13. The average Bonchev–Trinajstić information content (AvgIpc) is 2.38. The molecule has 0 spiro atoms. The van der Waals surface area contributed by atoms with Gasteiger partial charge in [0.15, 0.2) is 0 Å². The Morgan fingerprint density at radius 2 is 1.65 bits per heavy atom. The third-order valence-electron chi connectivity index (χ3n) is 2.48. The first kappa shape index (κ1) is 11.7. The van der Waals surface area contributed by atoms with Crippen molar-refractivity contribution in [3.63, 3.8) is 0 Å². The van der Waals surface area contributed by atoms with Crippen molar-refractivity contribution in [1.82, 2.24) is 0 Å². The number of ether oxygens (including phenoxy) is 1. The molecule has 86 valence electrons. The van der Waals surface area contributed by atoms with E-state index in [1.807, 2.05) is 60.7 Å². The molecule has 0 bridgehead atoms. The number of methoxy groups -OCH3 is 1. The van der Waals surface area contributed by atoms with Crippen LogP contribution < -0.4 is 4.74 Å². The van der Waals surface area contributed by atoms with Crippen LogP contribution in [-0.2, 0) is 0 Å². The Morgan fingerprint density at radius 3 is 2.29 bits per heavy atom.